The van der Waals surface area contributed by atoms with Crippen molar-refractivity contribution in [1.82, 2.24) is 14.7 Å². The lowest BCUT2D eigenvalue weighted by Gasteiger charge is -2.39. The number of carbonyl (C=O) groups excluding carboxylic acids is 3. The van der Waals surface area contributed by atoms with Crippen LogP contribution in [-0.4, -0.2) is 71.9 Å². The maximum Gasteiger partial charge on any atom is 0.326 e. The van der Waals surface area contributed by atoms with Crippen LogP contribution < -0.4 is 0 Å². The molecule has 4 amide bonds. The average Bonchev–Trinajstić information content (AvgIpc) is 2.73. The fourth-order valence-electron chi connectivity index (χ4n) is 3.10. The minimum atomic E-state index is -0.697. The van der Waals surface area contributed by atoms with E-state index in [1.165, 1.54) is 17.5 Å². The molecule has 0 radical (unpaired) electrons. The zero-order valence-corrected chi connectivity index (χ0v) is 14.8. The van der Waals surface area contributed by atoms with E-state index in [1.807, 2.05) is 31.2 Å². The monoisotopic (exact) mass is 345 g/mol. The van der Waals surface area contributed by atoms with Gasteiger partial charge in [0.2, 0.25) is 5.91 Å². The SMILES string of the molecule is Cc1ccccc1COC1CN(C(=O)CC2C(=O)N(C)C(=O)N2C)C1. The number of urea groups is 1. The van der Waals surface area contributed by atoms with Crippen LogP contribution >= 0.6 is 0 Å². The molecule has 0 bridgehead atoms. The molecule has 2 saturated heterocycles. The van der Waals surface area contributed by atoms with Gasteiger partial charge in [-0.25, -0.2) is 4.79 Å². The van der Waals surface area contributed by atoms with Crippen molar-refractivity contribution < 1.29 is 19.1 Å². The quantitative estimate of drug-likeness (QED) is 0.747. The Morgan fingerprint density at radius 3 is 2.48 bits per heavy atom. The lowest BCUT2D eigenvalue weighted by molar-refractivity contribution is -0.148. The van der Waals surface area contributed by atoms with Crippen LogP contribution in [0.4, 0.5) is 4.79 Å². The third-order valence-electron chi connectivity index (χ3n) is 4.98. The molecule has 7 nitrogen and oxygen atoms in total. The Morgan fingerprint density at radius 2 is 1.88 bits per heavy atom. The molecule has 1 atom stereocenters. The molecule has 1 aromatic carbocycles. The standard InChI is InChI=1S/C18H23N3O4/c1-12-6-4-5-7-13(12)11-25-14-9-21(10-14)16(22)8-15-17(23)20(3)18(24)19(15)2/h4-7,14-15H,8-11H2,1-3H3. The van der Waals surface area contributed by atoms with Crippen LogP contribution in [0.1, 0.15) is 17.5 Å². The summed E-state index contributed by atoms with van der Waals surface area (Å²) < 4.78 is 5.84. The molecule has 1 aromatic rings. The smallest absolute Gasteiger partial charge is 0.326 e. The van der Waals surface area contributed by atoms with Crippen LogP contribution in [0.3, 0.4) is 0 Å². The summed E-state index contributed by atoms with van der Waals surface area (Å²) in [4.78, 5) is 40.1. The van der Waals surface area contributed by atoms with Crippen LogP contribution in [0.5, 0.6) is 0 Å². The number of hydrogen-bond acceptors (Lipinski definition) is 4. The second kappa shape index (κ2) is 6.84. The van der Waals surface area contributed by atoms with Crippen molar-refractivity contribution in [2.75, 3.05) is 27.2 Å². The summed E-state index contributed by atoms with van der Waals surface area (Å²) in [5.74, 6) is -0.447. The fraction of sp³-hybridized carbons (Fsp3) is 0.500. The zero-order valence-electron chi connectivity index (χ0n) is 14.8. The van der Waals surface area contributed by atoms with Crippen molar-refractivity contribution >= 4 is 17.8 Å². The maximum atomic E-state index is 12.3. The molecule has 2 heterocycles. The molecule has 3 rings (SSSR count). The molecular formula is C18H23N3O4. The Hall–Kier alpha value is -2.41. The third kappa shape index (κ3) is 3.37. The van der Waals surface area contributed by atoms with Gasteiger partial charge in [0.1, 0.15) is 6.04 Å². The number of amides is 4. The highest BCUT2D eigenvalue weighted by Crippen LogP contribution is 2.21. The Balaban J connectivity index is 1.45. The highest BCUT2D eigenvalue weighted by atomic mass is 16.5. The Kier molecular flexibility index (Phi) is 4.76. The van der Waals surface area contributed by atoms with Crippen molar-refractivity contribution in [3.63, 3.8) is 0 Å². The molecule has 0 aliphatic carbocycles. The van der Waals surface area contributed by atoms with Gasteiger partial charge in [-0.05, 0) is 18.1 Å². The molecule has 7 heteroatoms. The molecule has 2 aliphatic heterocycles. The van der Waals surface area contributed by atoms with E-state index in [4.69, 9.17) is 4.74 Å². The Morgan fingerprint density at radius 1 is 1.20 bits per heavy atom. The number of aryl methyl sites for hydroxylation is 1. The first-order valence-electron chi connectivity index (χ1n) is 8.36. The normalized spacial score (nSPS) is 21.1. The average molecular weight is 345 g/mol. The van der Waals surface area contributed by atoms with E-state index < -0.39 is 6.04 Å². The van der Waals surface area contributed by atoms with E-state index >= 15 is 0 Å². The van der Waals surface area contributed by atoms with Gasteiger partial charge in [0.15, 0.2) is 0 Å². The number of benzene rings is 1. The van der Waals surface area contributed by atoms with Gasteiger partial charge in [0, 0.05) is 27.2 Å². The van der Waals surface area contributed by atoms with Crippen LogP contribution in [0.25, 0.3) is 0 Å². The first-order chi connectivity index (χ1) is 11.9. The van der Waals surface area contributed by atoms with Crippen LogP contribution in [0.2, 0.25) is 0 Å². The van der Waals surface area contributed by atoms with Crippen molar-refractivity contribution in [3.8, 4) is 0 Å². The van der Waals surface area contributed by atoms with Crippen molar-refractivity contribution in [2.24, 2.45) is 0 Å². The van der Waals surface area contributed by atoms with Crippen LogP contribution in [0.15, 0.2) is 24.3 Å². The van der Waals surface area contributed by atoms with E-state index in [0.717, 1.165) is 10.5 Å². The lowest BCUT2D eigenvalue weighted by Crippen LogP contribution is -2.55. The number of hydrogen-bond donors (Lipinski definition) is 0. The lowest BCUT2D eigenvalue weighted by atomic mass is 10.1. The van der Waals surface area contributed by atoms with Crippen LogP contribution in [-0.2, 0) is 20.9 Å². The van der Waals surface area contributed by atoms with Gasteiger partial charge < -0.3 is 14.5 Å². The molecule has 1 unspecified atom stereocenters. The minimum absolute atomic E-state index is 0.0184. The molecule has 0 N–H and O–H groups in total. The summed E-state index contributed by atoms with van der Waals surface area (Å²) in [5, 5.41) is 0. The van der Waals surface area contributed by atoms with E-state index in [1.54, 1.807) is 11.9 Å². The number of likely N-dealkylation sites (tertiary alicyclic amines) is 1. The molecule has 25 heavy (non-hydrogen) atoms. The van der Waals surface area contributed by atoms with Crippen molar-refractivity contribution in [3.05, 3.63) is 35.4 Å². The number of likely N-dealkylation sites (N-methyl/N-ethyl adjacent to an activating group) is 2. The van der Waals surface area contributed by atoms with Gasteiger partial charge in [-0.3, -0.25) is 14.5 Å². The molecule has 2 fully saturated rings. The highest BCUT2D eigenvalue weighted by Gasteiger charge is 2.43. The zero-order chi connectivity index (χ0) is 18.1. The second-order valence-corrected chi connectivity index (χ2v) is 6.67. The van der Waals surface area contributed by atoms with E-state index in [2.05, 4.69) is 0 Å². The summed E-state index contributed by atoms with van der Waals surface area (Å²) in [7, 11) is 2.98. The Bertz CT molecular complexity index is 699. The predicted molar refractivity (Wildman–Crippen MR) is 90.7 cm³/mol. The van der Waals surface area contributed by atoms with Crippen molar-refractivity contribution in [2.45, 2.75) is 32.1 Å². The van der Waals surface area contributed by atoms with E-state index in [9.17, 15) is 14.4 Å². The molecule has 0 spiro atoms. The molecule has 2 aliphatic rings. The first-order valence-corrected chi connectivity index (χ1v) is 8.36. The summed E-state index contributed by atoms with van der Waals surface area (Å²) in [5.41, 5.74) is 2.33. The van der Waals surface area contributed by atoms with Gasteiger partial charge in [0.25, 0.3) is 5.91 Å². The van der Waals surface area contributed by atoms with E-state index in [0.29, 0.717) is 19.7 Å². The number of rotatable bonds is 5. The van der Waals surface area contributed by atoms with Crippen molar-refractivity contribution in [1.29, 1.82) is 0 Å². The maximum absolute atomic E-state index is 12.3. The van der Waals surface area contributed by atoms with Crippen LogP contribution in [0, 0.1) is 6.92 Å². The van der Waals surface area contributed by atoms with Gasteiger partial charge in [-0.2, -0.15) is 0 Å². The summed E-state index contributed by atoms with van der Waals surface area (Å²) >= 11 is 0. The number of imide groups is 1. The fourth-order valence-corrected chi connectivity index (χ4v) is 3.10. The number of carbonyl (C=O) groups is 3. The summed E-state index contributed by atoms with van der Waals surface area (Å²) in [6, 6.07) is 6.99. The topological polar surface area (TPSA) is 70.2 Å². The predicted octanol–water partition coefficient (Wildman–Crippen LogP) is 1.00. The van der Waals surface area contributed by atoms with Gasteiger partial charge in [0.05, 0.1) is 19.1 Å². The van der Waals surface area contributed by atoms with Gasteiger partial charge in [-0.1, -0.05) is 24.3 Å². The largest absolute Gasteiger partial charge is 0.370 e. The number of ether oxygens (including phenoxy) is 1. The number of nitrogens with zero attached hydrogens (tertiary/aromatic N) is 3. The molecular weight excluding hydrogens is 322 g/mol. The molecule has 0 saturated carbocycles. The Labute approximate surface area is 147 Å². The van der Waals surface area contributed by atoms with Gasteiger partial charge >= 0.3 is 6.03 Å². The van der Waals surface area contributed by atoms with Gasteiger partial charge in [-0.15, -0.1) is 0 Å². The molecule has 134 valence electrons. The summed E-state index contributed by atoms with van der Waals surface area (Å²) in [6.07, 6.45) is 0.0421. The third-order valence-corrected chi connectivity index (χ3v) is 4.98. The first kappa shape index (κ1) is 17.4. The molecule has 0 aromatic heterocycles. The van der Waals surface area contributed by atoms with E-state index in [-0.39, 0.29) is 30.4 Å². The highest BCUT2D eigenvalue weighted by molar-refractivity contribution is 6.05. The summed E-state index contributed by atoms with van der Waals surface area (Å²) in [6.45, 7) is 3.63. The minimum Gasteiger partial charge on any atom is -0.370 e. The second-order valence-electron chi connectivity index (χ2n) is 6.67.